The minimum Gasteiger partial charge on any atom is -0.246 e. The maximum absolute atomic E-state index is 10.6. The second-order valence-corrected chi connectivity index (χ2v) is 2.83. The van der Waals surface area contributed by atoms with Gasteiger partial charge in [-0.1, -0.05) is 0 Å². The van der Waals surface area contributed by atoms with Crippen LogP contribution in [0.5, 0.6) is 0 Å². The molecule has 1 unspecified atom stereocenters. The Labute approximate surface area is 62.0 Å². The van der Waals surface area contributed by atoms with Crippen molar-refractivity contribution in [2.75, 3.05) is 6.26 Å². The highest BCUT2D eigenvalue weighted by atomic mass is 32.2. The van der Waals surface area contributed by atoms with Crippen molar-refractivity contribution >= 4 is 17.7 Å². The fraction of sp³-hybridized carbons (Fsp3) is 0.750. The Hall–Kier alpha value is -0.870. The second kappa shape index (κ2) is 2.81. The summed E-state index contributed by atoms with van der Waals surface area (Å²) in [6.45, 7) is 0. The van der Waals surface area contributed by atoms with Crippen molar-refractivity contribution in [3.63, 3.8) is 0 Å². The number of carbonyl (C=O) groups excluding carboxylic acids is 1. The number of thioether (sulfide) groups is 1. The van der Waals surface area contributed by atoms with E-state index in [1.165, 1.54) is 11.8 Å². The average molecular weight is 158 g/mol. The molecule has 1 aliphatic heterocycles. The van der Waals surface area contributed by atoms with Gasteiger partial charge in [0, 0.05) is 0 Å². The Morgan fingerprint density at radius 2 is 2.70 bits per heavy atom. The fourth-order valence-electron chi connectivity index (χ4n) is 0.711. The molecule has 0 bridgehead atoms. The summed E-state index contributed by atoms with van der Waals surface area (Å²) in [5, 5.41) is 4.42. The molecule has 54 valence electrons. The molecule has 6 heteroatoms. The molecule has 5 nitrogen and oxygen atoms in total. The molecule has 1 saturated heterocycles. The van der Waals surface area contributed by atoms with Gasteiger partial charge in [-0.2, -0.15) is 9.92 Å². The zero-order chi connectivity index (χ0) is 7.56. The van der Waals surface area contributed by atoms with Crippen molar-refractivity contribution < 1.29 is 4.79 Å². The van der Waals surface area contributed by atoms with E-state index in [2.05, 4.69) is 10.1 Å². The Morgan fingerprint density at radius 1 is 2.00 bits per heavy atom. The van der Waals surface area contributed by atoms with Gasteiger partial charge in [-0.15, -0.1) is 17.3 Å². The SMILES string of the molecule is CSC1CC(=O)N1N=[N+]=[N-]. The lowest BCUT2D eigenvalue weighted by atomic mass is 10.2. The molecule has 0 radical (unpaired) electrons. The molecular weight excluding hydrogens is 152 g/mol. The molecule has 0 aliphatic carbocycles. The van der Waals surface area contributed by atoms with E-state index >= 15 is 0 Å². The van der Waals surface area contributed by atoms with Crippen LogP contribution in [0.1, 0.15) is 6.42 Å². The molecule has 1 rings (SSSR count). The van der Waals surface area contributed by atoms with Crippen LogP contribution in [0, 0.1) is 0 Å². The van der Waals surface area contributed by atoms with E-state index in [9.17, 15) is 4.79 Å². The number of nitrogens with zero attached hydrogens (tertiary/aromatic N) is 4. The third-order valence-corrected chi connectivity index (χ3v) is 2.20. The number of hydrogen-bond donors (Lipinski definition) is 0. The van der Waals surface area contributed by atoms with Gasteiger partial charge in [-0.25, -0.2) is 4.79 Å². The Balaban J connectivity index is 2.55. The average Bonchev–Trinajstić information content (AvgIpc) is 1.95. The van der Waals surface area contributed by atoms with Gasteiger partial charge in [-0.05, 0) is 11.5 Å². The van der Waals surface area contributed by atoms with Crippen LogP contribution in [0.25, 0.3) is 10.4 Å². The number of amides is 1. The van der Waals surface area contributed by atoms with Gasteiger partial charge in [0.2, 0.25) is 0 Å². The molecule has 0 aromatic heterocycles. The highest BCUT2D eigenvalue weighted by Crippen LogP contribution is 2.27. The topological polar surface area (TPSA) is 69.1 Å². The van der Waals surface area contributed by atoms with Crippen LogP contribution >= 0.6 is 11.8 Å². The Kier molecular flexibility index (Phi) is 2.03. The van der Waals surface area contributed by atoms with Gasteiger partial charge in [0.1, 0.15) is 6.42 Å². The monoisotopic (exact) mass is 158 g/mol. The van der Waals surface area contributed by atoms with Crippen molar-refractivity contribution in [2.45, 2.75) is 11.8 Å². The largest absolute Gasteiger partial charge is 0.318 e. The summed E-state index contributed by atoms with van der Waals surface area (Å²) in [7, 11) is 0. The predicted octanol–water partition coefficient (Wildman–Crippen LogP) is 1.13. The van der Waals surface area contributed by atoms with Gasteiger partial charge in [0.05, 0.1) is 0 Å². The number of azide groups is 1. The van der Waals surface area contributed by atoms with Crippen molar-refractivity contribution in [2.24, 2.45) is 5.22 Å². The molecule has 0 saturated carbocycles. The van der Waals surface area contributed by atoms with Gasteiger partial charge in [-0.3, -0.25) is 0 Å². The van der Waals surface area contributed by atoms with Crippen LogP contribution in [0.15, 0.2) is 5.22 Å². The van der Waals surface area contributed by atoms with E-state index < -0.39 is 0 Å². The molecule has 0 aromatic rings. The number of hydrogen-bond acceptors (Lipinski definition) is 3. The molecule has 1 fully saturated rings. The van der Waals surface area contributed by atoms with Crippen LogP contribution in [-0.2, 0) is 4.79 Å². The van der Waals surface area contributed by atoms with E-state index in [4.69, 9.17) is 5.53 Å². The quantitative estimate of drug-likeness (QED) is 0.261. The molecule has 1 heterocycles. The maximum atomic E-state index is 10.6. The number of carbonyl (C=O) groups is 1. The molecule has 0 aromatic carbocycles. The van der Waals surface area contributed by atoms with Crippen LogP contribution in [0.2, 0.25) is 0 Å². The lowest BCUT2D eigenvalue weighted by Crippen LogP contribution is -2.46. The minimum atomic E-state index is -0.0999. The van der Waals surface area contributed by atoms with Crippen molar-refractivity contribution in [3.8, 4) is 0 Å². The van der Waals surface area contributed by atoms with Gasteiger partial charge < -0.3 is 0 Å². The van der Waals surface area contributed by atoms with E-state index in [0.29, 0.717) is 6.42 Å². The van der Waals surface area contributed by atoms with Crippen molar-refractivity contribution in [3.05, 3.63) is 10.4 Å². The Morgan fingerprint density at radius 3 is 3.10 bits per heavy atom. The molecule has 0 spiro atoms. The first-order chi connectivity index (χ1) is 4.79. The van der Waals surface area contributed by atoms with Crippen LogP contribution in [-0.4, -0.2) is 22.5 Å². The second-order valence-electron chi connectivity index (χ2n) is 1.81. The maximum Gasteiger partial charge on any atom is 0.318 e. The van der Waals surface area contributed by atoms with E-state index in [0.717, 1.165) is 5.01 Å². The number of β-lactam (4-membered cyclic amide) rings is 1. The molecule has 1 amide bonds. The third-order valence-electron chi connectivity index (χ3n) is 1.29. The Bertz CT molecular complexity index is 197. The standard InChI is InChI=1S/C4H6N4OS/c1-10-4-2-3(9)8(4)7-6-5/h4H,2H2,1H3. The molecule has 0 N–H and O–H groups in total. The molecular formula is C4H6N4OS. The molecule has 1 aliphatic rings. The van der Waals surface area contributed by atoms with Crippen molar-refractivity contribution in [1.29, 1.82) is 0 Å². The first-order valence-corrected chi connectivity index (χ1v) is 3.98. The van der Waals surface area contributed by atoms with E-state index in [-0.39, 0.29) is 11.3 Å². The normalized spacial score (nSPS) is 23.5. The van der Waals surface area contributed by atoms with Crippen LogP contribution in [0.3, 0.4) is 0 Å². The third kappa shape index (κ3) is 1.03. The van der Waals surface area contributed by atoms with Gasteiger partial charge in [0.15, 0.2) is 5.37 Å². The minimum absolute atomic E-state index is 0.0587. The smallest absolute Gasteiger partial charge is 0.246 e. The fourth-order valence-corrected chi connectivity index (χ4v) is 1.38. The number of rotatable bonds is 2. The first kappa shape index (κ1) is 7.24. The highest BCUT2D eigenvalue weighted by Gasteiger charge is 2.40. The molecule has 10 heavy (non-hydrogen) atoms. The lowest BCUT2D eigenvalue weighted by Gasteiger charge is -2.28. The highest BCUT2D eigenvalue weighted by molar-refractivity contribution is 7.99. The zero-order valence-electron chi connectivity index (χ0n) is 5.39. The van der Waals surface area contributed by atoms with E-state index in [1.54, 1.807) is 0 Å². The van der Waals surface area contributed by atoms with Gasteiger partial charge in [0.25, 0.3) is 0 Å². The summed E-state index contributed by atoms with van der Waals surface area (Å²) in [4.78, 5) is 13.2. The molecule has 1 atom stereocenters. The first-order valence-electron chi connectivity index (χ1n) is 2.69. The van der Waals surface area contributed by atoms with Gasteiger partial charge >= 0.3 is 5.91 Å². The predicted molar refractivity (Wildman–Crippen MR) is 37.9 cm³/mol. The zero-order valence-corrected chi connectivity index (χ0v) is 6.21. The van der Waals surface area contributed by atoms with Crippen molar-refractivity contribution in [1.82, 2.24) is 5.01 Å². The summed E-state index contributed by atoms with van der Waals surface area (Å²) >= 11 is 1.50. The summed E-state index contributed by atoms with van der Waals surface area (Å²) in [5.74, 6) is -0.0999. The summed E-state index contributed by atoms with van der Waals surface area (Å²) < 4.78 is 0. The summed E-state index contributed by atoms with van der Waals surface area (Å²) in [6.07, 6.45) is 2.36. The van der Waals surface area contributed by atoms with E-state index in [1.807, 2.05) is 6.26 Å². The van der Waals surface area contributed by atoms with Crippen LogP contribution in [0.4, 0.5) is 0 Å². The van der Waals surface area contributed by atoms with Crippen LogP contribution < -0.4 is 0 Å². The lowest BCUT2D eigenvalue weighted by molar-refractivity contribution is -0.141. The summed E-state index contributed by atoms with van der Waals surface area (Å²) in [5.41, 5.74) is 7.99. The summed E-state index contributed by atoms with van der Waals surface area (Å²) in [6, 6.07) is 0.